The van der Waals surface area contributed by atoms with Crippen LogP contribution in [0.1, 0.15) is 13.8 Å². The number of fused-ring (bicyclic) bond motifs is 1. The van der Waals surface area contributed by atoms with Gasteiger partial charge in [0.15, 0.2) is 11.5 Å². The average molecular weight is 315 g/mol. The molecule has 0 unspecified atom stereocenters. The van der Waals surface area contributed by atoms with Gasteiger partial charge in [-0.1, -0.05) is 0 Å². The van der Waals surface area contributed by atoms with Crippen molar-refractivity contribution in [3.63, 3.8) is 0 Å². The number of hydrogen-bond donors (Lipinski definition) is 1. The van der Waals surface area contributed by atoms with E-state index in [0.717, 1.165) is 22.6 Å². The Morgan fingerprint density at radius 2 is 2.29 bits per heavy atom. The number of aromatic nitrogens is 3. The summed E-state index contributed by atoms with van der Waals surface area (Å²) in [4.78, 5) is 8.72. The fourth-order valence-electron chi connectivity index (χ4n) is 1.39. The van der Waals surface area contributed by atoms with Crippen molar-refractivity contribution in [3.05, 3.63) is 23.2 Å². The fourth-order valence-corrected chi connectivity index (χ4v) is 2.00. The number of nitrogens with one attached hydrogen (secondary N) is 1. The summed E-state index contributed by atoms with van der Waals surface area (Å²) in [5.74, 6) is 0.812. The van der Waals surface area contributed by atoms with E-state index in [4.69, 9.17) is 0 Å². The molecule has 0 amide bonds. The van der Waals surface area contributed by atoms with Crippen molar-refractivity contribution in [2.75, 3.05) is 18.1 Å². The first kappa shape index (κ1) is 12.7. The minimum atomic E-state index is 0.174. The third kappa shape index (κ3) is 2.93. The Morgan fingerprint density at radius 3 is 3.00 bits per heavy atom. The summed E-state index contributed by atoms with van der Waals surface area (Å²) >= 11 is 5.23. The van der Waals surface area contributed by atoms with Crippen LogP contribution in [0.25, 0.3) is 5.65 Å². The van der Waals surface area contributed by atoms with Crippen LogP contribution in [0, 0.1) is 0 Å². The second-order valence-corrected chi connectivity index (χ2v) is 6.71. The van der Waals surface area contributed by atoms with E-state index in [9.17, 15) is 0 Å². The molecule has 0 fully saturated rings. The first-order valence-corrected chi connectivity index (χ1v) is 7.32. The van der Waals surface area contributed by atoms with Crippen LogP contribution in [0.2, 0.25) is 0 Å². The SMILES string of the molecule is CSC(C)(C)CNc1nc(Br)cn2ccnc12. The number of rotatable bonds is 4. The molecule has 0 radical (unpaired) electrons. The van der Waals surface area contributed by atoms with E-state index in [2.05, 4.69) is 51.3 Å². The van der Waals surface area contributed by atoms with E-state index in [0.29, 0.717) is 0 Å². The summed E-state index contributed by atoms with van der Waals surface area (Å²) in [5.41, 5.74) is 0.852. The summed E-state index contributed by atoms with van der Waals surface area (Å²) in [6.45, 7) is 5.25. The van der Waals surface area contributed by atoms with Gasteiger partial charge in [0.1, 0.15) is 4.60 Å². The highest BCUT2D eigenvalue weighted by atomic mass is 79.9. The Kier molecular flexibility index (Phi) is 3.63. The predicted molar refractivity (Wildman–Crippen MR) is 76.8 cm³/mol. The van der Waals surface area contributed by atoms with Crippen LogP contribution in [-0.2, 0) is 0 Å². The highest BCUT2D eigenvalue weighted by Gasteiger charge is 2.16. The summed E-state index contributed by atoms with van der Waals surface area (Å²) in [5, 5.41) is 3.36. The number of anilines is 1. The van der Waals surface area contributed by atoms with E-state index in [1.807, 2.05) is 28.6 Å². The molecule has 0 spiro atoms. The molecule has 0 saturated carbocycles. The van der Waals surface area contributed by atoms with E-state index in [1.54, 1.807) is 6.20 Å². The molecule has 0 bridgehead atoms. The number of imidazole rings is 1. The molecule has 0 aromatic carbocycles. The van der Waals surface area contributed by atoms with Crippen LogP contribution < -0.4 is 5.32 Å². The van der Waals surface area contributed by atoms with Crippen LogP contribution in [-0.4, -0.2) is 31.9 Å². The Morgan fingerprint density at radius 1 is 1.53 bits per heavy atom. The van der Waals surface area contributed by atoms with Crippen molar-refractivity contribution in [1.82, 2.24) is 14.4 Å². The van der Waals surface area contributed by atoms with Crippen molar-refractivity contribution in [2.24, 2.45) is 0 Å². The van der Waals surface area contributed by atoms with E-state index in [1.165, 1.54) is 0 Å². The van der Waals surface area contributed by atoms with Gasteiger partial charge >= 0.3 is 0 Å². The lowest BCUT2D eigenvalue weighted by Gasteiger charge is -2.22. The standard InChI is InChI=1S/C11H15BrN4S/c1-11(2,17-3)7-14-9-10-13-4-5-16(10)6-8(12)15-9/h4-6H,7H2,1-3H3,(H,14,15). The Balaban J connectivity index is 2.26. The lowest BCUT2D eigenvalue weighted by Crippen LogP contribution is -2.26. The number of nitrogens with zero attached hydrogens (tertiary/aromatic N) is 3. The summed E-state index contributed by atoms with van der Waals surface area (Å²) in [7, 11) is 0. The largest absolute Gasteiger partial charge is 0.366 e. The lowest BCUT2D eigenvalue weighted by molar-refractivity contribution is 0.750. The molecule has 0 aliphatic rings. The monoisotopic (exact) mass is 314 g/mol. The van der Waals surface area contributed by atoms with Crippen LogP contribution in [0.3, 0.4) is 0 Å². The molecule has 0 aliphatic heterocycles. The smallest absolute Gasteiger partial charge is 0.180 e. The van der Waals surface area contributed by atoms with Gasteiger partial charge in [0, 0.05) is 29.9 Å². The highest BCUT2D eigenvalue weighted by Crippen LogP contribution is 2.23. The van der Waals surface area contributed by atoms with Crippen LogP contribution >= 0.6 is 27.7 Å². The minimum Gasteiger partial charge on any atom is -0.366 e. The van der Waals surface area contributed by atoms with Gasteiger partial charge in [0.25, 0.3) is 0 Å². The summed E-state index contributed by atoms with van der Waals surface area (Å²) in [6.07, 6.45) is 7.69. The minimum absolute atomic E-state index is 0.174. The quantitative estimate of drug-likeness (QED) is 0.942. The van der Waals surface area contributed by atoms with Gasteiger partial charge in [0.2, 0.25) is 0 Å². The molecule has 92 valence electrons. The highest BCUT2D eigenvalue weighted by molar-refractivity contribution is 9.10. The van der Waals surface area contributed by atoms with Crippen LogP contribution in [0.5, 0.6) is 0 Å². The van der Waals surface area contributed by atoms with Crippen molar-refractivity contribution in [2.45, 2.75) is 18.6 Å². The zero-order valence-electron chi connectivity index (χ0n) is 10.1. The lowest BCUT2D eigenvalue weighted by atomic mass is 10.2. The topological polar surface area (TPSA) is 42.2 Å². The van der Waals surface area contributed by atoms with Crippen LogP contribution in [0.4, 0.5) is 5.82 Å². The fraction of sp³-hybridized carbons (Fsp3) is 0.455. The van der Waals surface area contributed by atoms with Gasteiger partial charge in [0.05, 0.1) is 0 Å². The molecule has 2 aromatic rings. The molecule has 1 N–H and O–H groups in total. The number of hydrogen-bond acceptors (Lipinski definition) is 4. The molecular weight excluding hydrogens is 300 g/mol. The van der Waals surface area contributed by atoms with Crippen molar-refractivity contribution >= 4 is 39.2 Å². The third-order valence-electron chi connectivity index (χ3n) is 2.58. The second-order valence-electron chi connectivity index (χ2n) is 4.39. The molecule has 2 heterocycles. The maximum absolute atomic E-state index is 4.42. The van der Waals surface area contributed by atoms with Gasteiger partial charge in [-0.3, -0.25) is 0 Å². The summed E-state index contributed by atoms with van der Waals surface area (Å²) in [6, 6.07) is 0. The maximum atomic E-state index is 4.42. The molecule has 2 aromatic heterocycles. The van der Waals surface area contributed by atoms with Gasteiger partial charge in [-0.25, -0.2) is 9.97 Å². The van der Waals surface area contributed by atoms with Gasteiger partial charge in [-0.05, 0) is 36.0 Å². The molecule has 2 rings (SSSR count). The Hall–Kier alpha value is -0.750. The van der Waals surface area contributed by atoms with Crippen molar-refractivity contribution in [1.29, 1.82) is 0 Å². The normalized spacial score (nSPS) is 12.0. The van der Waals surface area contributed by atoms with Crippen molar-refractivity contribution in [3.8, 4) is 0 Å². The molecule has 4 nitrogen and oxygen atoms in total. The third-order valence-corrected chi connectivity index (χ3v) is 4.21. The summed E-state index contributed by atoms with van der Waals surface area (Å²) < 4.78 is 2.92. The number of halogens is 1. The molecule has 0 aliphatic carbocycles. The van der Waals surface area contributed by atoms with Gasteiger partial charge in [-0.15, -0.1) is 0 Å². The van der Waals surface area contributed by atoms with E-state index < -0.39 is 0 Å². The second kappa shape index (κ2) is 4.86. The van der Waals surface area contributed by atoms with E-state index >= 15 is 0 Å². The number of thioether (sulfide) groups is 1. The zero-order chi connectivity index (χ0) is 12.5. The van der Waals surface area contributed by atoms with Gasteiger partial charge < -0.3 is 9.72 Å². The average Bonchev–Trinajstić information content (AvgIpc) is 2.73. The van der Waals surface area contributed by atoms with Crippen molar-refractivity contribution < 1.29 is 0 Å². The molecule has 0 atom stereocenters. The molecular formula is C11H15BrN4S. The van der Waals surface area contributed by atoms with Gasteiger partial charge in [-0.2, -0.15) is 11.8 Å². The van der Waals surface area contributed by atoms with E-state index in [-0.39, 0.29) is 4.75 Å². The molecule has 0 saturated heterocycles. The first-order valence-electron chi connectivity index (χ1n) is 5.30. The predicted octanol–water partition coefficient (Wildman–Crippen LogP) is 3.05. The Bertz CT molecular complexity index is 523. The Labute approximate surface area is 113 Å². The first-order chi connectivity index (χ1) is 8.02. The van der Waals surface area contributed by atoms with Crippen LogP contribution in [0.15, 0.2) is 23.2 Å². The molecule has 17 heavy (non-hydrogen) atoms. The zero-order valence-corrected chi connectivity index (χ0v) is 12.5. The molecule has 6 heteroatoms. The maximum Gasteiger partial charge on any atom is 0.180 e.